The summed E-state index contributed by atoms with van der Waals surface area (Å²) in [4.78, 5) is 5.99. The van der Waals surface area contributed by atoms with E-state index in [1.165, 1.54) is 5.56 Å². The molecule has 1 aliphatic heterocycles. The topological polar surface area (TPSA) is 72.2 Å². The summed E-state index contributed by atoms with van der Waals surface area (Å²) in [6.07, 6.45) is 1.14. The number of hydrogen-bond donors (Lipinski definition) is 0. The third-order valence-corrected chi connectivity index (χ3v) is 5.59. The molecule has 2 rings (SSSR count). The summed E-state index contributed by atoms with van der Waals surface area (Å²) >= 11 is 0. The minimum atomic E-state index is -1.20. The fourth-order valence-corrected chi connectivity index (χ4v) is 3.61. The van der Waals surface area contributed by atoms with Crippen LogP contribution < -0.4 is 0 Å². The van der Waals surface area contributed by atoms with Crippen LogP contribution in [0.1, 0.15) is 18.0 Å². The van der Waals surface area contributed by atoms with Gasteiger partial charge in [-0.1, -0.05) is 50.0 Å². The van der Waals surface area contributed by atoms with Gasteiger partial charge in [-0.15, -0.1) is 0 Å². The van der Waals surface area contributed by atoms with Crippen molar-refractivity contribution in [1.29, 1.82) is 0 Å². The molecule has 0 N–H and O–H groups in total. The van der Waals surface area contributed by atoms with Crippen LogP contribution in [0.25, 0.3) is 0 Å². The summed E-state index contributed by atoms with van der Waals surface area (Å²) < 4.78 is 22.5. The average Bonchev–Trinajstić information content (AvgIpc) is 2.96. The molecule has 0 aromatic heterocycles. The van der Waals surface area contributed by atoms with Gasteiger partial charge in [0.2, 0.25) is 0 Å². The van der Waals surface area contributed by atoms with E-state index in [1.807, 2.05) is 5.06 Å². The summed E-state index contributed by atoms with van der Waals surface area (Å²) in [5.41, 5.74) is 1.81. The van der Waals surface area contributed by atoms with Crippen molar-refractivity contribution in [3.63, 3.8) is 0 Å². The fourth-order valence-electron chi connectivity index (χ4n) is 2.20. The molecule has 7 heteroatoms. The maximum absolute atomic E-state index is 7.50. The van der Waals surface area contributed by atoms with Crippen molar-refractivity contribution in [1.82, 2.24) is 5.06 Å². The summed E-state index contributed by atoms with van der Waals surface area (Å²) in [5, 5.41) is 2.04. The third-order valence-electron chi connectivity index (χ3n) is 3.32. The molecule has 1 fully saturated rings. The second-order valence-electron chi connectivity index (χ2n) is 5.67. The minimum Gasteiger partial charge on any atom is 0 e. The van der Waals surface area contributed by atoms with E-state index in [9.17, 15) is 0 Å². The molecule has 23 heavy (non-hydrogen) atoms. The molecule has 1 saturated heterocycles. The van der Waals surface area contributed by atoms with Crippen LogP contribution in [0.5, 0.6) is 0 Å². The Morgan fingerprint density at radius 2 is 1.43 bits per heavy atom. The molecule has 1 heterocycles. The van der Waals surface area contributed by atoms with Gasteiger partial charge in [0.15, 0.2) is 0 Å². The molecule has 0 aliphatic carbocycles. The first-order chi connectivity index (χ1) is 10.5. The Morgan fingerprint density at radius 1 is 1.00 bits per heavy atom. The first-order valence-electron chi connectivity index (χ1n) is 6.54. The summed E-state index contributed by atoms with van der Waals surface area (Å²) in [5.74, 6) is 0. The van der Waals surface area contributed by atoms with Crippen LogP contribution in [-0.2, 0) is 36.2 Å². The quantitative estimate of drug-likeness (QED) is 0.455. The van der Waals surface area contributed by atoms with Crippen molar-refractivity contribution in [2.24, 2.45) is 0 Å². The predicted molar refractivity (Wildman–Crippen MR) is 81.6 cm³/mol. The van der Waals surface area contributed by atoms with Crippen LogP contribution >= 0.6 is 0 Å². The van der Waals surface area contributed by atoms with Crippen LogP contribution in [-0.4, -0.2) is 25.9 Å². The number of rotatable bonds is 2. The Hall–Kier alpha value is -0.891. The summed E-state index contributed by atoms with van der Waals surface area (Å²) in [6.45, 7) is 20.6. The zero-order valence-electron chi connectivity index (χ0n) is 13.7. The maximum atomic E-state index is 7.50. The molecule has 0 amide bonds. The van der Waals surface area contributed by atoms with E-state index in [4.69, 9.17) is 18.8 Å². The zero-order valence-corrected chi connectivity index (χ0v) is 16.0. The van der Waals surface area contributed by atoms with Crippen LogP contribution in [0.3, 0.4) is 0 Å². The number of nitrogens with zero attached hydrogens (tertiary/aromatic N) is 1. The molecule has 1 aliphatic rings. The van der Waals surface area contributed by atoms with Gasteiger partial charge in [-0.2, -0.15) is 5.06 Å². The van der Waals surface area contributed by atoms with E-state index < -0.39 is 8.07 Å². The molecular formula is C16H21CrNO4Si. The van der Waals surface area contributed by atoms with Crippen molar-refractivity contribution in [3.05, 3.63) is 55.8 Å². The molecule has 0 bridgehead atoms. The Morgan fingerprint density at radius 3 is 1.78 bits per heavy atom. The van der Waals surface area contributed by atoms with Gasteiger partial charge in [0, 0.05) is 24.4 Å². The molecule has 0 saturated carbocycles. The normalized spacial score (nSPS) is 19.2. The summed E-state index contributed by atoms with van der Waals surface area (Å²) in [7, 11) is 0.849. The van der Waals surface area contributed by atoms with E-state index in [2.05, 4.69) is 77.0 Å². The minimum absolute atomic E-state index is 0. The average molecular weight is 371 g/mol. The van der Waals surface area contributed by atoms with Gasteiger partial charge in [-0.3, -0.25) is 4.84 Å². The van der Waals surface area contributed by atoms with Crippen LogP contribution in [0.2, 0.25) is 19.6 Å². The van der Waals surface area contributed by atoms with Gasteiger partial charge in [0.05, 0.1) is 19.8 Å². The Bertz CT molecular complexity index is 456. The molecule has 0 radical (unpaired) electrons. The van der Waals surface area contributed by atoms with E-state index in [0.29, 0.717) is 11.8 Å². The molecule has 0 unspecified atom stereocenters. The van der Waals surface area contributed by atoms with Crippen molar-refractivity contribution < 1.29 is 36.2 Å². The number of hydrogen-bond acceptors (Lipinski definition) is 2. The molecule has 2 atom stereocenters. The van der Waals surface area contributed by atoms with Gasteiger partial charge < -0.3 is 0 Å². The molecule has 124 valence electrons. The first kappa shape index (κ1) is 27.0. The third kappa shape index (κ3) is 9.10. The second kappa shape index (κ2) is 14.7. The van der Waals surface area contributed by atoms with Gasteiger partial charge in [-0.25, -0.2) is 0 Å². The van der Waals surface area contributed by atoms with Gasteiger partial charge in [-0.05, 0) is 12.0 Å². The monoisotopic (exact) mass is 371 g/mol. The summed E-state index contributed by atoms with van der Waals surface area (Å²) in [6, 6.07) is 11.1. The first-order valence-corrected chi connectivity index (χ1v) is 10.1. The SMILES string of the molecule is CN1O[C@H]([Si](C)(C)C)C[C@H]1c1ccccc1.[C-]#[O+].[C-]#[O+].[C-]#[O+].[Cr]. The van der Waals surface area contributed by atoms with Crippen LogP contribution in [0, 0.1) is 20.0 Å². The molecule has 1 aromatic rings. The van der Waals surface area contributed by atoms with Crippen LogP contribution in [0.4, 0.5) is 0 Å². The van der Waals surface area contributed by atoms with Crippen molar-refractivity contribution in [3.8, 4) is 0 Å². The molecule has 1 aromatic carbocycles. The van der Waals surface area contributed by atoms with Gasteiger partial charge in [0.25, 0.3) is 0 Å². The second-order valence-corrected chi connectivity index (χ2v) is 11.0. The van der Waals surface area contributed by atoms with E-state index in [1.54, 1.807) is 0 Å². The number of benzene rings is 1. The van der Waals surface area contributed by atoms with E-state index in [0.717, 1.165) is 6.42 Å². The Kier molecular flexibility index (Phi) is 17.2. The zero-order chi connectivity index (χ0) is 17.8. The maximum Gasteiger partial charge on any atom is 0 e. The fraction of sp³-hybridized carbons (Fsp3) is 0.438. The predicted octanol–water partition coefficient (Wildman–Crippen LogP) is 3.13. The Balaban J connectivity index is -0.000000514. The molecule has 5 nitrogen and oxygen atoms in total. The standard InChI is InChI=1S/C13H21NOSi.3CO.Cr/c1-14-12(11-8-6-5-7-9-11)10-13(15-14)16(2,3)4;3*1-2;/h5-9,12-13H,10H2,1-4H3;;;;/t12-,13+;;;;/m0..../s1. The van der Waals surface area contributed by atoms with Gasteiger partial charge in [0.1, 0.15) is 0 Å². The van der Waals surface area contributed by atoms with Crippen molar-refractivity contribution in [2.45, 2.75) is 37.8 Å². The molecule has 0 spiro atoms. The van der Waals surface area contributed by atoms with Crippen molar-refractivity contribution >= 4 is 8.07 Å². The Labute approximate surface area is 150 Å². The smallest absolute Gasteiger partial charge is 0 e. The largest absolute Gasteiger partial charge is 0 e. The van der Waals surface area contributed by atoms with Gasteiger partial charge >= 0.3 is 33.9 Å². The number of hydroxylamine groups is 2. The van der Waals surface area contributed by atoms with Crippen molar-refractivity contribution in [2.75, 3.05) is 7.05 Å². The van der Waals surface area contributed by atoms with E-state index in [-0.39, 0.29) is 17.4 Å². The van der Waals surface area contributed by atoms with E-state index >= 15 is 0 Å². The molecular weight excluding hydrogens is 350 g/mol. The van der Waals surface area contributed by atoms with Crippen LogP contribution in [0.15, 0.2) is 30.3 Å².